The van der Waals surface area contributed by atoms with E-state index in [1.54, 1.807) is 24.3 Å². The van der Waals surface area contributed by atoms with Crippen LogP contribution in [0, 0.1) is 6.92 Å². The van der Waals surface area contributed by atoms with Crippen LogP contribution in [0.15, 0.2) is 78.9 Å². The summed E-state index contributed by atoms with van der Waals surface area (Å²) in [6, 6.07) is 24.6. The summed E-state index contributed by atoms with van der Waals surface area (Å²) in [5.74, 6) is 0.307. The molecule has 3 aromatic carbocycles. The van der Waals surface area contributed by atoms with Gasteiger partial charge in [0.05, 0.1) is 12.3 Å². The van der Waals surface area contributed by atoms with Gasteiger partial charge < -0.3 is 10.1 Å². The highest BCUT2D eigenvalue weighted by Gasteiger charge is 2.18. The van der Waals surface area contributed by atoms with Crippen molar-refractivity contribution in [2.45, 2.75) is 19.5 Å². The predicted octanol–water partition coefficient (Wildman–Crippen LogP) is 3.67. The summed E-state index contributed by atoms with van der Waals surface area (Å²) >= 11 is 0. The van der Waals surface area contributed by atoms with Gasteiger partial charge in [0.15, 0.2) is 6.61 Å². The Morgan fingerprint density at radius 1 is 0.969 bits per heavy atom. The molecule has 0 saturated carbocycles. The molecule has 32 heavy (non-hydrogen) atoms. The van der Waals surface area contributed by atoms with E-state index in [2.05, 4.69) is 5.32 Å². The van der Waals surface area contributed by atoms with Crippen LogP contribution in [0.4, 0.5) is 0 Å². The Kier molecular flexibility index (Phi) is 7.66. The van der Waals surface area contributed by atoms with Gasteiger partial charge in [-0.1, -0.05) is 66.7 Å². The average molecular weight is 453 g/mol. The van der Waals surface area contributed by atoms with E-state index in [0.717, 1.165) is 22.3 Å². The van der Waals surface area contributed by atoms with Crippen LogP contribution < -0.4 is 10.1 Å². The third-order valence-electron chi connectivity index (χ3n) is 5.20. The Bertz CT molecular complexity index is 1150. The highest BCUT2D eigenvalue weighted by molar-refractivity contribution is 7.88. The van der Waals surface area contributed by atoms with Crippen molar-refractivity contribution < 1.29 is 17.9 Å². The fraction of sp³-hybridized carbons (Fsp3) is 0.240. The number of nitrogens with zero attached hydrogens (tertiary/aromatic N) is 1. The number of ether oxygens (including phenoxy) is 1. The average Bonchev–Trinajstić information content (AvgIpc) is 2.77. The molecule has 6 nitrogen and oxygen atoms in total. The van der Waals surface area contributed by atoms with Crippen molar-refractivity contribution in [2.75, 3.05) is 19.9 Å². The van der Waals surface area contributed by atoms with E-state index in [4.69, 9.17) is 4.74 Å². The maximum Gasteiger partial charge on any atom is 0.258 e. The van der Waals surface area contributed by atoms with E-state index in [1.807, 2.05) is 61.5 Å². The molecule has 0 saturated heterocycles. The number of hydrogen-bond donors (Lipinski definition) is 1. The molecule has 0 aliphatic heterocycles. The summed E-state index contributed by atoms with van der Waals surface area (Å²) < 4.78 is 30.0. The van der Waals surface area contributed by atoms with Crippen molar-refractivity contribution >= 4 is 15.9 Å². The fourth-order valence-corrected chi connectivity index (χ4v) is 3.70. The van der Waals surface area contributed by atoms with Crippen molar-refractivity contribution in [3.8, 4) is 5.75 Å². The molecule has 0 bridgehead atoms. The maximum absolute atomic E-state index is 12.7. The lowest BCUT2D eigenvalue weighted by atomic mass is 9.95. The Labute approximate surface area is 189 Å². The van der Waals surface area contributed by atoms with Gasteiger partial charge in [0.1, 0.15) is 5.75 Å². The molecule has 1 atom stereocenters. The van der Waals surface area contributed by atoms with Crippen molar-refractivity contribution in [1.29, 1.82) is 0 Å². The molecule has 0 radical (unpaired) electrons. The first-order valence-electron chi connectivity index (χ1n) is 10.3. The van der Waals surface area contributed by atoms with Gasteiger partial charge >= 0.3 is 0 Å². The molecule has 1 N–H and O–H groups in total. The SMILES string of the molecule is Cc1ccccc1[C@@H](NC(=O)COc1ccc(CN(C)S(C)(=O)=O)cc1)c1ccccc1. The van der Waals surface area contributed by atoms with Crippen LogP contribution in [0.3, 0.4) is 0 Å². The molecule has 3 aromatic rings. The second-order valence-electron chi connectivity index (χ2n) is 7.72. The summed E-state index contributed by atoms with van der Waals surface area (Å²) in [4.78, 5) is 12.7. The highest BCUT2D eigenvalue weighted by atomic mass is 32.2. The topological polar surface area (TPSA) is 75.7 Å². The van der Waals surface area contributed by atoms with Gasteiger partial charge in [0.25, 0.3) is 5.91 Å². The molecule has 0 aliphatic carbocycles. The summed E-state index contributed by atoms with van der Waals surface area (Å²) in [7, 11) is -1.71. The lowest BCUT2D eigenvalue weighted by Crippen LogP contribution is -2.33. The molecule has 0 aliphatic rings. The number of carbonyl (C=O) groups excluding carboxylic acids is 1. The molecule has 7 heteroatoms. The Hall–Kier alpha value is -3.16. The minimum Gasteiger partial charge on any atom is -0.484 e. The number of carbonyl (C=O) groups is 1. The first-order valence-corrected chi connectivity index (χ1v) is 12.1. The second kappa shape index (κ2) is 10.4. The van der Waals surface area contributed by atoms with E-state index >= 15 is 0 Å². The fourth-order valence-electron chi connectivity index (χ4n) is 3.31. The van der Waals surface area contributed by atoms with Crippen molar-refractivity contribution in [3.05, 3.63) is 101 Å². The van der Waals surface area contributed by atoms with Crippen LogP contribution in [0.2, 0.25) is 0 Å². The maximum atomic E-state index is 12.7. The molecule has 168 valence electrons. The van der Waals surface area contributed by atoms with E-state index < -0.39 is 10.0 Å². The number of aryl methyl sites for hydroxylation is 1. The molecular weight excluding hydrogens is 424 g/mol. The Balaban J connectivity index is 1.64. The number of amides is 1. The number of sulfonamides is 1. The lowest BCUT2D eigenvalue weighted by Gasteiger charge is -2.22. The third kappa shape index (κ3) is 6.42. The van der Waals surface area contributed by atoms with Gasteiger partial charge in [0, 0.05) is 13.6 Å². The molecule has 0 spiro atoms. The highest BCUT2D eigenvalue weighted by Crippen LogP contribution is 2.25. The number of benzene rings is 3. The molecule has 0 heterocycles. The van der Waals surface area contributed by atoms with Crippen LogP contribution in [0.25, 0.3) is 0 Å². The van der Waals surface area contributed by atoms with Gasteiger partial charge in [-0.2, -0.15) is 0 Å². The largest absolute Gasteiger partial charge is 0.484 e. The molecule has 0 unspecified atom stereocenters. The minimum absolute atomic E-state index is 0.127. The molecule has 3 rings (SSSR count). The zero-order chi connectivity index (χ0) is 23.1. The van der Waals surface area contributed by atoms with Crippen molar-refractivity contribution in [2.24, 2.45) is 0 Å². The monoisotopic (exact) mass is 452 g/mol. The zero-order valence-corrected chi connectivity index (χ0v) is 19.3. The summed E-state index contributed by atoms with van der Waals surface area (Å²) in [6.45, 7) is 2.17. The van der Waals surface area contributed by atoms with Crippen molar-refractivity contribution in [1.82, 2.24) is 9.62 Å². The number of nitrogens with one attached hydrogen (secondary N) is 1. The standard InChI is InChI=1S/C25H28N2O4S/c1-19-9-7-8-12-23(19)25(21-10-5-4-6-11-21)26-24(28)18-31-22-15-13-20(14-16-22)17-27(2)32(3,29)30/h4-16,25H,17-18H2,1-3H3,(H,26,28)/t25-/m0/s1. The molecular formula is C25H28N2O4S. The van der Waals surface area contributed by atoms with Crippen LogP contribution in [0.5, 0.6) is 5.75 Å². The Morgan fingerprint density at radius 2 is 1.59 bits per heavy atom. The summed E-state index contributed by atoms with van der Waals surface area (Å²) in [6.07, 6.45) is 1.17. The van der Waals surface area contributed by atoms with Crippen LogP contribution in [-0.2, 0) is 21.4 Å². The van der Waals surface area contributed by atoms with E-state index in [1.165, 1.54) is 17.6 Å². The number of hydrogen-bond acceptors (Lipinski definition) is 4. The van der Waals surface area contributed by atoms with Crippen molar-refractivity contribution in [3.63, 3.8) is 0 Å². The molecule has 0 fully saturated rings. The second-order valence-corrected chi connectivity index (χ2v) is 9.81. The molecule has 0 aromatic heterocycles. The van der Waals surface area contributed by atoms with Gasteiger partial charge in [-0.05, 0) is 41.3 Å². The van der Waals surface area contributed by atoms with Gasteiger partial charge in [-0.15, -0.1) is 0 Å². The Morgan fingerprint density at radius 3 is 2.22 bits per heavy atom. The first-order chi connectivity index (χ1) is 15.2. The lowest BCUT2D eigenvalue weighted by molar-refractivity contribution is -0.123. The minimum atomic E-state index is -3.24. The van der Waals surface area contributed by atoms with E-state index in [9.17, 15) is 13.2 Å². The quantitative estimate of drug-likeness (QED) is 0.538. The van der Waals surface area contributed by atoms with Gasteiger partial charge in [-0.3, -0.25) is 4.79 Å². The summed E-state index contributed by atoms with van der Waals surface area (Å²) in [5.41, 5.74) is 3.96. The smallest absolute Gasteiger partial charge is 0.258 e. The van der Waals surface area contributed by atoms with Gasteiger partial charge in [0.2, 0.25) is 10.0 Å². The predicted molar refractivity (Wildman–Crippen MR) is 126 cm³/mol. The van der Waals surface area contributed by atoms with Crippen LogP contribution >= 0.6 is 0 Å². The van der Waals surface area contributed by atoms with Crippen LogP contribution in [-0.4, -0.2) is 38.5 Å². The van der Waals surface area contributed by atoms with E-state index in [-0.39, 0.29) is 25.1 Å². The third-order valence-corrected chi connectivity index (χ3v) is 6.46. The molecule has 1 amide bonds. The number of rotatable bonds is 9. The first kappa shape index (κ1) is 23.5. The van der Waals surface area contributed by atoms with Crippen LogP contribution in [0.1, 0.15) is 28.3 Å². The van der Waals surface area contributed by atoms with Gasteiger partial charge in [-0.25, -0.2) is 12.7 Å². The normalized spacial score (nSPS) is 12.4. The summed E-state index contributed by atoms with van der Waals surface area (Å²) in [5, 5.41) is 3.08. The zero-order valence-electron chi connectivity index (χ0n) is 18.5. The van der Waals surface area contributed by atoms with E-state index in [0.29, 0.717) is 5.75 Å².